The second-order valence-electron chi connectivity index (χ2n) is 4.48. The molecule has 1 aliphatic rings. The fraction of sp³-hybridized carbons (Fsp3) is 0.500. The molecule has 1 aromatic rings. The van der Waals surface area contributed by atoms with Crippen LogP contribution in [0, 0.1) is 0 Å². The largest absolute Gasteiger partial charge is 0.496 e. The third-order valence-corrected chi connectivity index (χ3v) is 3.45. The number of aryl methyl sites for hydroxylation is 1. The van der Waals surface area contributed by atoms with Crippen molar-refractivity contribution in [1.82, 2.24) is 0 Å². The van der Waals surface area contributed by atoms with Gasteiger partial charge >= 0.3 is 0 Å². The minimum Gasteiger partial charge on any atom is -0.496 e. The van der Waals surface area contributed by atoms with Gasteiger partial charge in [0.25, 0.3) is 0 Å². The van der Waals surface area contributed by atoms with Gasteiger partial charge in [0.2, 0.25) is 0 Å². The number of benzene rings is 1. The quantitative estimate of drug-likeness (QED) is 0.726. The zero-order valence-electron chi connectivity index (χ0n) is 9.95. The van der Waals surface area contributed by atoms with E-state index in [1.165, 1.54) is 29.5 Å². The van der Waals surface area contributed by atoms with Crippen LogP contribution in [0.3, 0.4) is 0 Å². The first-order chi connectivity index (χ1) is 7.77. The van der Waals surface area contributed by atoms with Crippen LogP contribution in [-0.4, -0.2) is 13.4 Å². The molecule has 1 aromatic carbocycles. The predicted octanol–water partition coefficient (Wildman–Crippen LogP) is 2.88. The Labute approximate surface area is 96.6 Å². The first-order valence-electron chi connectivity index (χ1n) is 5.90. The van der Waals surface area contributed by atoms with Crippen LogP contribution in [0.25, 0.3) is 0 Å². The maximum Gasteiger partial charge on any atom is 0.122 e. The molecule has 0 heterocycles. The minimum atomic E-state index is 0.264. The molecule has 0 aliphatic heterocycles. The highest BCUT2D eigenvalue weighted by Gasteiger charge is 2.21. The van der Waals surface area contributed by atoms with E-state index < -0.39 is 0 Å². The SMILES string of the molecule is COc1ccc2c(c1C(C)CC=O)CCC2. The molecule has 16 heavy (non-hydrogen) atoms. The molecule has 0 aromatic heterocycles. The maximum atomic E-state index is 10.6. The van der Waals surface area contributed by atoms with Gasteiger partial charge in [-0.25, -0.2) is 0 Å². The number of hydrogen-bond acceptors (Lipinski definition) is 2. The molecule has 1 unspecified atom stereocenters. The van der Waals surface area contributed by atoms with Gasteiger partial charge in [0, 0.05) is 12.0 Å². The van der Waals surface area contributed by atoms with E-state index in [1.807, 2.05) is 6.07 Å². The van der Waals surface area contributed by atoms with Crippen LogP contribution < -0.4 is 4.74 Å². The van der Waals surface area contributed by atoms with E-state index >= 15 is 0 Å². The summed E-state index contributed by atoms with van der Waals surface area (Å²) >= 11 is 0. The van der Waals surface area contributed by atoms with Crippen molar-refractivity contribution in [3.8, 4) is 5.75 Å². The first kappa shape index (κ1) is 11.2. The molecular formula is C14H18O2. The van der Waals surface area contributed by atoms with Crippen LogP contribution in [0.5, 0.6) is 5.75 Å². The van der Waals surface area contributed by atoms with Crippen LogP contribution in [0.1, 0.15) is 42.4 Å². The van der Waals surface area contributed by atoms with E-state index in [1.54, 1.807) is 7.11 Å². The fourth-order valence-corrected chi connectivity index (χ4v) is 2.65. The maximum absolute atomic E-state index is 10.6. The average molecular weight is 218 g/mol. The van der Waals surface area contributed by atoms with Crippen molar-refractivity contribution < 1.29 is 9.53 Å². The van der Waals surface area contributed by atoms with Crippen LogP contribution >= 0.6 is 0 Å². The van der Waals surface area contributed by atoms with Gasteiger partial charge < -0.3 is 9.53 Å². The molecule has 1 aliphatic carbocycles. The molecule has 2 heteroatoms. The van der Waals surface area contributed by atoms with Crippen molar-refractivity contribution in [3.63, 3.8) is 0 Å². The number of methoxy groups -OCH3 is 1. The van der Waals surface area contributed by atoms with Crippen LogP contribution in [0.2, 0.25) is 0 Å². The van der Waals surface area contributed by atoms with Gasteiger partial charge in [-0.3, -0.25) is 0 Å². The summed E-state index contributed by atoms with van der Waals surface area (Å²) < 4.78 is 5.42. The number of carbonyl (C=O) groups is 1. The van der Waals surface area contributed by atoms with Crippen molar-refractivity contribution >= 4 is 6.29 Å². The Hall–Kier alpha value is -1.31. The Morgan fingerprint density at radius 2 is 2.25 bits per heavy atom. The average Bonchev–Trinajstić information content (AvgIpc) is 2.75. The Bertz CT molecular complexity index is 396. The number of hydrogen-bond donors (Lipinski definition) is 0. The standard InChI is InChI=1S/C14H18O2/c1-10(8-9-15)14-12-5-3-4-11(12)6-7-13(14)16-2/h6-7,9-10H,3-5,8H2,1-2H3. The predicted molar refractivity (Wildman–Crippen MR) is 64.1 cm³/mol. The summed E-state index contributed by atoms with van der Waals surface area (Å²) in [7, 11) is 1.70. The fourth-order valence-electron chi connectivity index (χ4n) is 2.65. The van der Waals surface area contributed by atoms with Gasteiger partial charge in [0.05, 0.1) is 7.11 Å². The monoisotopic (exact) mass is 218 g/mol. The van der Waals surface area contributed by atoms with E-state index in [2.05, 4.69) is 13.0 Å². The summed E-state index contributed by atoms with van der Waals surface area (Å²) in [5.41, 5.74) is 4.12. The van der Waals surface area contributed by atoms with E-state index in [4.69, 9.17) is 4.74 Å². The smallest absolute Gasteiger partial charge is 0.122 e. The molecule has 2 rings (SSSR count). The number of carbonyl (C=O) groups excluding carboxylic acids is 1. The lowest BCUT2D eigenvalue weighted by atomic mass is 9.90. The highest BCUT2D eigenvalue weighted by atomic mass is 16.5. The molecule has 0 saturated heterocycles. The van der Waals surface area contributed by atoms with Gasteiger partial charge in [-0.15, -0.1) is 0 Å². The first-order valence-corrected chi connectivity index (χ1v) is 5.90. The molecule has 0 radical (unpaired) electrons. The highest BCUT2D eigenvalue weighted by Crippen LogP contribution is 2.37. The summed E-state index contributed by atoms with van der Waals surface area (Å²) in [6, 6.07) is 4.21. The molecular weight excluding hydrogens is 200 g/mol. The molecule has 86 valence electrons. The Morgan fingerprint density at radius 3 is 2.94 bits per heavy atom. The lowest BCUT2D eigenvalue weighted by Crippen LogP contribution is -2.03. The molecule has 2 nitrogen and oxygen atoms in total. The van der Waals surface area contributed by atoms with Crippen molar-refractivity contribution in [1.29, 1.82) is 0 Å². The summed E-state index contributed by atoms with van der Waals surface area (Å²) in [6.45, 7) is 2.10. The third kappa shape index (κ3) is 1.84. The molecule has 0 amide bonds. The van der Waals surface area contributed by atoms with E-state index in [-0.39, 0.29) is 5.92 Å². The van der Waals surface area contributed by atoms with Crippen LogP contribution in [-0.2, 0) is 17.6 Å². The van der Waals surface area contributed by atoms with Gasteiger partial charge in [-0.05, 0) is 42.4 Å². The van der Waals surface area contributed by atoms with Gasteiger partial charge in [-0.2, -0.15) is 0 Å². The number of ether oxygens (including phenoxy) is 1. The lowest BCUT2D eigenvalue weighted by molar-refractivity contribution is -0.108. The van der Waals surface area contributed by atoms with E-state index in [0.717, 1.165) is 18.5 Å². The van der Waals surface area contributed by atoms with E-state index in [9.17, 15) is 4.79 Å². The minimum absolute atomic E-state index is 0.264. The summed E-state index contributed by atoms with van der Waals surface area (Å²) in [5, 5.41) is 0. The van der Waals surface area contributed by atoms with Crippen LogP contribution in [0.4, 0.5) is 0 Å². The number of aldehydes is 1. The normalized spacial score (nSPS) is 15.6. The van der Waals surface area contributed by atoms with Gasteiger partial charge in [-0.1, -0.05) is 13.0 Å². The van der Waals surface area contributed by atoms with Gasteiger partial charge in [0.1, 0.15) is 12.0 Å². The zero-order chi connectivity index (χ0) is 11.5. The topological polar surface area (TPSA) is 26.3 Å². The van der Waals surface area contributed by atoms with E-state index in [0.29, 0.717) is 6.42 Å². The molecule has 0 bridgehead atoms. The van der Waals surface area contributed by atoms with Crippen molar-refractivity contribution in [2.75, 3.05) is 7.11 Å². The second kappa shape index (κ2) is 4.69. The lowest BCUT2D eigenvalue weighted by Gasteiger charge is -2.18. The number of rotatable bonds is 4. The Morgan fingerprint density at radius 1 is 1.44 bits per heavy atom. The molecule has 0 spiro atoms. The van der Waals surface area contributed by atoms with Crippen molar-refractivity contribution in [2.24, 2.45) is 0 Å². The third-order valence-electron chi connectivity index (χ3n) is 3.45. The second-order valence-corrected chi connectivity index (χ2v) is 4.48. The number of fused-ring (bicyclic) bond motifs is 1. The molecule has 0 fully saturated rings. The Kier molecular flexibility index (Phi) is 3.28. The van der Waals surface area contributed by atoms with Gasteiger partial charge in [0.15, 0.2) is 0 Å². The molecule has 1 atom stereocenters. The summed E-state index contributed by atoms with van der Waals surface area (Å²) in [6.07, 6.45) is 5.10. The van der Waals surface area contributed by atoms with Crippen molar-refractivity contribution in [2.45, 2.75) is 38.5 Å². The van der Waals surface area contributed by atoms with Crippen molar-refractivity contribution in [3.05, 3.63) is 28.8 Å². The molecule has 0 saturated carbocycles. The summed E-state index contributed by atoms with van der Waals surface area (Å²) in [5.74, 6) is 1.20. The van der Waals surface area contributed by atoms with Crippen LogP contribution in [0.15, 0.2) is 12.1 Å². The summed E-state index contributed by atoms with van der Waals surface area (Å²) in [4.78, 5) is 10.6. The zero-order valence-corrected chi connectivity index (χ0v) is 9.95. The highest BCUT2D eigenvalue weighted by molar-refractivity contribution is 5.55. The Balaban J connectivity index is 2.47. The molecule has 0 N–H and O–H groups in total.